The fraction of sp³-hybridized carbons (Fsp3) is 0.320. The van der Waals surface area contributed by atoms with Crippen molar-refractivity contribution < 1.29 is 23.0 Å². The van der Waals surface area contributed by atoms with Gasteiger partial charge in [-0.1, -0.05) is 19.6 Å². The van der Waals surface area contributed by atoms with Crippen LogP contribution in [0.3, 0.4) is 0 Å². The second kappa shape index (κ2) is 10.5. The topological polar surface area (TPSA) is 116 Å². The summed E-state index contributed by atoms with van der Waals surface area (Å²) < 4.78 is 37.4. The predicted octanol–water partition coefficient (Wildman–Crippen LogP) is 4.49. The number of hydrogen-bond acceptors (Lipinski definition) is 8. The van der Waals surface area contributed by atoms with E-state index >= 15 is 0 Å². The van der Waals surface area contributed by atoms with Crippen LogP contribution in [-0.2, 0) is 27.9 Å². The second-order valence-electron chi connectivity index (χ2n) is 9.75. The van der Waals surface area contributed by atoms with Crippen LogP contribution in [0.1, 0.15) is 5.56 Å². The first-order chi connectivity index (χ1) is 17.0. The molecule has 0 aliphatic heterocycles. The number of aromatic nitrogens is 4. The maximum absolute atomic E-state index is 11.7. The van der Waals surface area contributed by atoms with Crippen LogP contribution in [0.4, 0.5) is 0 Å². The van der Waals surface area contributed by atoms with Crippen molar-refractivity contribution in [3.05, 3.63) is 60.6 Å². The van der Waals surface area contributed by atoms with Crippen LogP contribution in [0.2, 0.25) is 25.7 Å². The zero-order valence-electron chi connectivity index (χ0n) is 20.8. The van der Waals surface area contributed by atoms with E-state index in [4.69, 9.17) is 14.5 Å². The summed E-state index contributed by atoms with van der Waals surface area (Å²) in [5, 5.41) is 10.1. The predicted molar refractivity (Wildman–Crippen MR) is 140 cm³/mol. The van der Waals surface area contributed by atoms with E-state index in [0.717, 1.165) is 17.8 Å². The Balaban J connectivity index is 1.71. The summed E-state index contributed by atoms with van der Waals surface area (Å²) in [5.74, 6) is 1.47. The number of ether oxygens (including phenoxy) is 2. The molecule has 190 valence electrons. The van der Waals surface area contributed by atoms with Crippen LogP contribution in [0.5, 0.6) is 11.5 Å². The minimum Gasteiger partial charge on any atom is -0.457 e. The monoisotopic (exact) mass is 526 g/mol. The van der Waals surface area contributed by atoms with Gasteiger partial charge >= 0.3 is 0 Å². The van der Waals surface area contributed by atoms with Crippen LogP contribution >= 0.6 is 0 Å². The van der Waals surface area contributed by atoms with Crippen molar-refractivity contribution in [3.63, 3.8) is 0 Å². The fourth-order valence-electron chi connectivity index (χ4n) is 3.57. The van der Waals surface area contributed by atoms with Gasteiger partial charge in [0.1, 0.15) is 23.9 Å². The molecule has 4 rings (SSSR count). The Morgan fingerprint density at radius 3 is 2.44 bits per heavy atom. The first-order valence-corrected chi connectivity index (χ1v) is 17.1. The Labute approximate surface area is 211 Å². The van der Waals surface area contributed by atoms with Gasteiger partial charge < -0.3 is 14.6 Å². The van der Waals surface area contributed by atoms with E-state index < -0.39 is 17.9 Å². The molecule has 0 spiro atoms. The molecule has 36 heavy (non-hydrogen) atoms. The second-order valence-corrected chi connectivity index (χ2v) is 17.4. The summed E-state index contributed by atoms with van der Waals surface area (Å²) in [6.45, 7) is 7.58. The summed E-state index contributed by atoms with van der Waals surface area (Å²) in [6.07, 6.45) is 6.01. The summed E-state index contributed by atoms with van der Waals surface area (Å²) in [5.41, 5.74) is 2.58. The van der Waals surface area contributed by atoms with Gasteiger partial charge in [0.25, 0.3) is 0 Å². The normalized spacial score (nSPS) is 12.2. The zero-order chi connectivity index (χ0) is 25.9. The Kier molecular flexibility index (Phi) is 7.55. The third-order valence-electron chi connectivity index (χ3n) is 5.59. The van der Waals surface area contributed by atoms with E-state index in [1.165, 1.54) is 12.1 Å². The molecule has 0 unspecified atom stereocenters. The Hall–Kier alpha value is -3.12. The average molecular weight is 527 g/mol. The lowest BCUT2D eigenvalue weighted by molar-refractivity contribution is 0.0909. The number of nitrogens with zero attached hydrogens (tertiary/aromatic N) is 4. The molecule has 0 saturated heterocycles. The lowest BCUT2D eigenvalue weighted by Gasteiger charge is -2.16. The third kappa shape index (κ3) is 6.16. The van der Waals surface area contributed by atoms with E-state index in [1.54, 1.807) is 36.8 Å². The molecular formula is C25H30N4O5SSi. The fourth-order valence-corrected chi connectivity index (χ4v) is 4.96. The summed E-state index contributed by atoms with van der Waals surface area (Å²) in [6, 6.07) is 10.8. The molecule has 0 fully saturated rings. The van der Waals surface area contributed by atoms with Crippen molar-refractivity contribution >= 4 is 28.9 Å². The summed E-state index contributed by atoms with van der Waals surface area (Å²) in [7, 11) is -4.55. The quantitative estimate of drug-likeness (QED) is 0.237. The van der Waals surface area contributed by atoms with Gasteiger partial charge in [-0.15, -0.1) is 0 Å². The van der Waals surface area contributed by atoms with Gasteiger partial charge in [0, 0.05) is 45.0 Å². The maximum Gasteiger partial charge on any atom is 0.175 e. The largest absolute Gasteiger partial charge is 0.457 e. The lowest BCUT2D eigenvalue weighted by Crippen LogP contribution is -2.22. The highest BCUT2D eigenvalue weighted by molar-refractivity contribution is 7.90. The van der Waals surface area contributed by atoms with Crippen molar-refractivity contribution in [2.75, 3.05) is 12.9 Å². The van der Waals surface area contributed by atoms with Gasteiger partial charge in [-0.3, -0.25) is 9.55 Å². The minimum absolute atomic E-state index is 0.203. The van der Waals surface area contributed by atoms with Gasteiger partial charge in [-0.25, -0.2) is 18.4 Å². The van der Waals surface area contributed by atoms with Crippen LogP contribution < -0.4 is 4.74 Å². The first kappa shape index (κ1) is 26.0. The SMILES string of the molecule is C[Si](C)(C)CCOCn1c(-c2cnccn2)nc2cc(Oc3ccc(S(C)(=O)=O)cc3)c(CO)cc21. The van der Waals surface area contributed by atoms with Gasteiger partial charge in [0.15, 0.2) is 15.7 Å². The number of benzene rings is 2. The van der Waals surface area contributed by atoms with E-state index in [9.17, 15) is 13.5 Å². The lowest BCUT2D eigenvalue weighted by atomic mass is 10.2. The highest BCUT2D eigenvalue weighted by Gasteiger charge is 2.19. The smallest absolute Gasteiger partial charge is 0.175 e. The molecular weight excluding hydrogens is 496 g/mol. The molecule has 4 aromatic rings. The molecule has 0 amide bonds. The van der Waals surface area contributed by atoms with Crippen molar-refractivity contribution in [2.45, 2.75) is 43.9 Å². The number of rotatable bonds is 10. The molecule has 0 atom stereocenters. The van der Waals surface area contributed by atoms with E-state index in [2.05, 4.69) is 29.6 Å². The molecule has 0 aliphatic carbocycles. The van der Waals surface area contributed by atoms with Crippen molar-refractivity contribution in [1.82, 2.24) is 19.5 Å². The van der Waals surface area contributed by atoms with E-state index in [0.29, 0.717) is 40.7 Å². The average Bonchev–Trinajstić information content (AvgIpc) is 3.18. The number of hydrogen-bond donors (Lipinski definition) is 1. The molecule has 0 bridgehead atoms. The molecule has 1 N–H and O–H groups in total. The molecule has 2 aromatic carbocycles. The van der Waals surface area contributed by atoms with E-state index in [1.807, 2.05) is 10.6 Å². The van der Waals surface area contributed by atoms with Crippen molar-refractivity contribution in [1.29, 1.82) is 0 Å². The van der Waals surface area contributed by atoms with Gasteiger partial charge in [-0.05, 0) is 36.4 Å². The van der Waals surface area contributed by atoms with Gasteiger partial charge in [0.2, 0.25) is 0 Å². The highest BCUT2D eigenvalue weighted by atomic mass is 32.2. The first-order valence-electron chi connectivity index (χ1n) is 11.5. The minimum atomic E-state index is -3.31. The Bertz CT molecular complexity index is 1450. The molecule has 0 radical (unpaired) electrons. The number of sulfone groups is 1. The highest BCUT2D eigenvalue weighted by Crippen LogP contribution is 2.33. The van der Waals surface area contributed by atoms with Crippen LogP contribution in [0.25, 0.3) is 22.6 Å². The zero-order valence-corrected chi connectivity index (χ0v) is 22.6. The summed E-state index contributed by atoms with van der Waals surface area (Å²) >= 11 is 0. The molecule has 2 heterocycles. The van der Waals surface area contributed by atoms with Crippen LogP contribution in [-0.4, -0.2) is 54.0 Å². The van der Waals surface area contributed by atoms with Crippen LogP contribution in [0, 0.1) is 0 Å². The summed E-state index contributed by atoms with van der Waals surface area (Å²) in [4.78, 5) is 13.6. The van der Waals surface area contributed by atoms with E-state index in [-0.39, 0.29) is 18.2 Å². The molecule has 9 nitrogen and oxygen atoms in total. The molecule has 11 heteroatoms. The Morgan fingerprint density at radius 2 is 1.83 bits per heavy atom. The molecule has 2 aromatic heterocycles. The number of aliphatic hydroxyl groups excluding tert-OH is 1. The molecule has 0 aliphatic rings. The maximum atomic E-state index is 11.7. The van der Waals surface area contributed by atoms with Gasteiger partial charge in [0.05, 0.1) is 28.7 Å². The van der Waals surface area contributed by atoms with Crippen LogP contribution in [0.15, 0.2) is 59.9 Å². The number of imidazole rings is 1. The standard InChI is InChI=1S/C25H30N4O5SSi/c1-35(31,32)20-7-5-19(6-8-20)34-24-14-21-23(13-18(24)16-30)29(17-33-11-12-36(2,3)4)25(28-21)22-15-26-9-10-27-22/h5-10,13-15,30H,11-12,16-17H2,1-4H3. The van der Waals surface area contributed by atoms with Gasteiger partial charge in [-0.2, -0.15) is 0 Å². The molecule has 0 saturated carbocycles. The Morgan fingerprint density at radius 1 is 1.08 bits per heavy atom. The number of fused-ring (bicyclic) bond motifs is 1. The van der Waals surface area contributed by atoms with Crippen molar-refractivity contribution in [2.24, 2.45) is 0 Å². The van der Waals surface area contributed by atoms with Crippen molar-refractivity contribution in [3.8, 4) is 23.0 Å². The third-order valence-corrected chi connectivity index (χ3v) is 8.42. The number of aliphatic hydroxyl groups is 1.